The number of rotatable bonds is 2. The molecule has 0 radical (unpaired) electrons. The number of likely N-dealkylation sites (tertiary alicyclic amines) is 1. The summed E-state index contributed by atoms with van der Waals surface area (Å²) in [7, 11) is 0. The van der Waals surface area contributed by atoms with Gasteiger partial charge in [-0.25, -0.2) is 0 Å². The van der Waals surface area contributed by atoms with Crippen LogP contribution in [-0.2, 0) is 4.79 Å². The third-order valence-corrected chi connectivity index (χ3v) is 7.98. The van der Waals surface area contributed by atoms with E-state index in [1.165, 1.54) is 0 Å². The van der Waals surface area contributed by atoms with Gasteiger partial charge in [0.1, 0.15) is 0 Å². The van der Waals surface area contributed by atoms with E-state index in [9.17, 15) is 4.79 Å². The van der Waals surface area contributed by atoms with Gasteiger partial charge in [-0.3, -0.25) is 0 Å². The number of piperidine rings is 1. The summed E-state index contributed by atoms with van der Waals surface area (Å²) in [6, 6.07) is 0. The molecule has 1 aliphatic rings. The summed E-state index contributed by atoms with van der Waals surface area (Å²) in [4.78, 5) is 18.2. The molecule has 0 aliphatic carbocycles. The van der Waals surface area contributed by atoms with Crippen LogP contribution in [0.2, 0.25) is 0 Å². The molecule has 1 heterocycles. The minimum absolute atomic E-state index is 0.260. The van der Waals surface area contributed by atoms with Crippen molar-refractivity contribution in [3.05, 3.63) is 12.8 Å². The fraction of sp³-hybridized carbons (Fsp3) is 0.727. The first-order chi connectivity index (χ1) is 6.38. The molecule has 0 aromatic carbocycles. The fourth-order valence-corrected chi connectivity index (χ4v) is 6.91. The Bertz CT molecular complexity index is 248. The van der Waals surface area contributed by atoms with Crippen molar-refractivity contribution in [2.45, 2.75) is 24.2 Å². The Kier molecular flexibility index (Phi) is 3.61. The molecule has 1 fully saturated rings. The van der Waals surface area contributed by atoms with E-state index in [2.05, 4.69) is 30.3 Å². The second kappa shape index (κ2) is 4.21. The monoisotopic (exact) mass is 309 g/mol. The Morgan fingerprint density at radius 3 is 2.57 bits per heavy atom. The van der Waals surface area contributed by atoms with E-state index in [-0.39, 0.29) is 11.3 Å². The first-order valence-corrected chi connectivity index (χ1v) is 10.3. The second-order valence-corrected chi connectivity index (χ2v) is 10.8. The maximum atomic E-state index is 11.7. The maximum absolute atomic E-state index is 11.7. The standard InChI is InChI=1S/C11H20INO/c1-6-13-8-11(2,3)9(12(4)5)7-10(13)14/h6,9H,1,7-8H2,2-5H3. The number of carbonyl (C=O) groups is 1. The van der Waals surface area contributed by atoms with Crippen LogP contribution >= 0.6 is 19.8 Å². The van der Waals surface area contributed by atoms with Gasteiger partial charge in [0.2, 0.25) is 0 Å². The first-order valence-electron chi connectivity index (χ1n) is 4.79. The van der Waals surface area contributed by atoms with Crippen molar-refractivity contribution < 1.29 is 4.79 Å². The van der Waals surface area contributed by atoms with Gasteiger partial charge in [0.05, 0.1) is 0 Å². The molecule has 0 bridgehead atoms. The first kappa shape index (κ1) is 12.0. The predicted octanol–water partition coefficient (Wildman–Crippen LogP) is 2.52. The molecule has 3 heteroatoms. The molecule has 0 saturated carbocycles. The van der Waals surface area contributed by atoms with Gasteiger partial charge in [-0.2, -0.15) is 0 Å². The van der Waals surface area contributed by atoms with Gasteiger partial charge in [-0.05, 0) is 0 Å². The van der Waals surface area contributed by atoms with Gasteiger partial charge in [0.25, 0.3) is 0 Å². The summed E-state index contributed by atoms with van der Waals surface area (Å²) < 4.78 is 0.649. The van der Waals surface area contributed by atoms with Gasteiger partial charge in [0, 0.05) is 0 Å². The molecule has 1 aliphatic heterocycles. The molecule has 1 amide bonds. The fourth-order valence-electron chi connectivity index (χ4n) is 2.08. The Labute approximate surface area is 94.1 Å². The van der Waals surface area contributed by atoms with Crippen molar-refractivity contribution in [3.63, 3.8) is 0 Å². The van der Waals surface area contributed by atoms with Crippen LogP contribution in [0.15, 0.2) is 12.8 Å². The van der Waals surface area contributed by atoms with E-state index in [0.29, 0.717) is 3.92 Å². The third-order valence-electron chi connectivity index (χ3n) is 2.85. The van der Waals surface area contributed by atoms with E-state index < -0.39 is 19.8 Å². The number of carbonyl (C=O) groups excluding carboxylic acids is 1. The molecule has 14 heavy (non-hydrogen) atoms. The Morgan fingerprint density at radius 1 is 1.57 bits per heavy atom. The van der Waals surface area contributed by atoms with Gasteiger partial charge >= 0.3 is 94.2 Å². The molecule has 0 aromatic rings. The van der Waals surface area contributed by atoms with Crippen molar-refractivity contribution >= 4 is 25.7 Å². The van der Waals surface area contributed by atoms with Crippen LogP contribution in [0.5, 0.6) is 0 Å². The molecule has 1 rings (SSSR count). The third kappa shape index (κ3) is 2.30. The molecule has 0 aromatic heterocycles. The summed E-state index contributed by atoms with van der Waals surface area (Å²) in [5.41, 5.74) is 0.274. The molecular formula is C11H20INO. The van der Waals surface area contributed by atoms with Crippen LogP contribution in [0.4, 0.5) is 0 Å². The number of hydrogen-bond donors (Lipinski definition) is 0. The number of amides is 1. The zero-order valence-electron chi connectivity index (χ0n) is 9.51. The van der Waals surface area contributed by atoms with Crippen LogP contribution < -0.4 is 0 Å². The van der Waals surface area contributed by atoms with Crippen LogP contribution in [0, 0.1) is 5.41 Å². The van der Waals surface area contributed by atoms with Crippen molar-refractivity contribution in [2.75, 3.05) is 16.4 Å². The number of hydrogen-bond acceptors (Lipinski definition) is 1. The summed E-state index contributed by atoms with van der Waals surface area (Å²) in [6.07, 6.45) is 2.40. The van der Waals surface area contributed by atoms with Crippen molar-refractivity contribution in [2.24, 2.45) is 5.41 Å². The molecule has 0 N–H and O–H groups in total. The zero-order chi connectivity index (χ0) is 10.9. The molecule has 82 valence electrons. The van der Waals surface area contributed by atoms with E-state index >= 15 is 0 Å². The summed E-state index contributed by atoms with van der Waals surface area (Å²) in [6.45, 7) is 9.08. The summed E-state index contributed by atoms with van der Waals surface area (Å²) >= 11 is -0.903. The van der Waals surface area contributed by atoms with E-state index in [4.69, 9.17) is 0 Å². The summed E-state index contributed by atoms with van der Waals surface area (Å²) in [5.74, 6) is 0.260. The second-order valence-electron chi connectivity index (χ2n) is 4.68. The Morgan fingerprint density at radius 2 is 2.14 bits per heavy atom. The Hall–Kier alpha value is -0.0600. The van der Waals surface area contributed by atoms with Crippen molar-refractivity contribution in [3.8, 4) is 0 Å². The van der Waals surface area contributed by atoms with Gasteiger partial charge in [0.15, 0.2) is 0 Å². The molecule has 2 nitrogen and oxygen atoms in total. The molecule has 1 saturated heterocycles. The normalized spacial score (nSPS) is 27.4. The van der Waals surface area contributed by atoms with Crippen molar-refractivity contribution in [1.29, 1.82) is 0 Å². The molecular weight excluding hydrogens is 289 g/mol. The van der Waals surface area contributed by atoms with Gasteiger partial charge in [-0.15, -0.1) is 0 Å². The number of nitrogens with zero attached hydrogens (tertiary/aromatic N) is 1. The van der Waals surface area contributed by atoms with Gasteiger partial charge < -0.3 is 0 Å². The van der Waals surface area contributed by atoms with Crippen molar-refractivity contribution in [1.82, 2.24) is 4.90 Å². The van der Waals surface area contributed by atoms with Crippen LogP contribution in [-0.4, -0.2) is 31.1 Å². The minimum atomic E-state index is -0.903. The molecule has 1 unspecified atom stereocenters. The molecule has 0 spiro atoms. The topological polar surface area (TPSA) is 20.3 Å². The predicted molar refractivity (Wildman–Crippen MR) is 70.0 cm³/mol. The van der Waals surface area contributed by atoms with E-state index in [1.54, 1.807) is 11.1 Å². The quantitative estimate of drug-likeness (QED) is 0.567. The van der Waals surface area contributed by atoms with E-state index in [1.807, 2.05) is 0 Å². The average Bonchev–Trinajstić information content (AvgIpc) is 2.07. The van der Waals surface area contributed by atoms with E-state index in [0.717, 1.165) is 13.0 Å². The average molecular weight is 309 g/mol. The van der Waals surface area contributed by atoms with Crippen LogP contribution in [0.1, 0.15) is 20.3 Å². The summed E-state index contributed by atoms with van der Waals surface area (Å²) in [5, 5.41) is 0. The Balaban J connectivity index is 2.84. The number of halogens is 1. The number of alkyl halides is 3. The molecule has 1 atom stereocenters. The van der Waals surface area contributed by atoms with Gasteiger partial charge in [-0.1, -0.05) is 0 Å². The van der Waals surface area contributed by atoms with Crippen LogP contribution in [0.25, 0.3) is 0 Å². The van der Waals surface area contributed by atoms with Crippen LogP contribution in [0.3, 0.4) is 0 Å². The zero-order valence-corrected chi connectivity index (χ0v) is 11.7. The SMILES string of the molecule is C=CN1CC(C)(C)C(I(C)C)CC1=O.